The molecule has 0 radical (unpaired) electrons. The maximum atomic E-state index is 13.4. The number of halogens is 2. The molecule has 1 aromatic carbocycles. The van der Waals surface area contributed by atoms with Crippen LogP contribution in [0.5, 0.6) is 5.75 Å². The molecule has 0 heterocycles. The number of ether oxygens (including phenoxy) is 1. The third-order valence-electron chi connectivity index (χ3n) is 1.89. The van der Waals surface area contributed by atoms with Gasteiger partial charge in [0, 0.05) is 4.47 Å². The number of hydrogen-bond acceptors (Lipinski definition) is 3. The molecule has 0 aromatic heterocycles. The summed E-state index contributed by atoms with van der Waals surface area (Å²) in [5, 5.41) is 0. The molecule has 82 valence electrons. The quantitative estimate of drug-likeness (QED) is 0.860. The smallest absolute Gasteiger partial charge is 0.183 e. The molecule has 3 nitrogen and oxygen atoms in total. The van der Waals surface area contributed by atoms with Gasteiger partial charge in [0.05, 0.1) is 18.7 Å². The second-order valence-corrected chi connectivity index (χ2v) is 4.04. The van der Waals surface area contributed by atoms with Crippen LogP contribution >= 0.6 is 15.9 Å². The SMILES string of the molecule is COc1c(F)cc(Br)cc1C(=O)C(C)N. The van der Waals surface area contributed by atoms with Crippen molar-refractivity contribution >= 4 is 21.7 Å². The van der Waals surface area contributed by atoms with Gasteiger partial charge >= 0.3 is 0 Å². The molecule has 0 bridgehead atoms. The van der Waals surface area contributed by atoms with E-state index in [0.717, 1.165) is 0 Å². The lowest BCUT2D eigenvalue weighted by atomic mass is 10.0. The van der Waals surface area contributed by atoms with E-state index in [4.69, 9.17) is 10.5 Å². The van der Waals surface area contributed by atoms with Crippen LogP contribution in [0.3, 0.4) is 0 Å². The fourth-order valence-electron chi connectivity index (χ4n) is 1.20. The van der Waals surface area contributed by atoms with E-state index in [1.807, 2.05) is 0 Å². The fourth-order valence-corrected chi connectivity index (χ4v) is 1.63. The highest BCUT2D eigenvalue weighted by atomic mass is 79.9. The molecule has 0 fully saturated rings. The van der Waals surface area contributed by atoms with Gasteiger partial charge < -0.3 is 10.5 Å². The third-order valence-corrected chi connectivity index (χ3v) is 2.35. The average molecular weight is 276 g/mol. The lowest BCUT2D eigenvalue weighted by Gasteiger charge is -2.11. The molecule has 0 aliphatic rings. The summed E-state index contributed by atoms with van der Waals surface area (Å²) in [6, 6.07) is 2.04. The molecule has 0 saturated heterocycles. The summed E-state index contributed by atoms with van der Waals surface area (Å²) in [4.78, 5) is 11.6. The largest absolute Gasteiger partial charge is 0.493 e. The van der Waals surface area contributed by atoms with Gasteiger partial charge in [0.15, 0.2) is 17.3 Å². The molecule has 2 N–H and O–H groups in total. The number of carbonyl (C=O) groups excluding carboxylic acids is 1. The molecule has 1 atom stereocenters. The van der Waals surface area contributed by atoms with Crippen LogP contribution in [0, 0.1) is 5.82 Å². The van der Waals surface area contributed by atoms with Crippen molar-refractivity contribution in [2.75, 3.05) is 7.11 Å². The Labute approximate surface area is 95.5 Å². The van der Waals surface area contributed by atoms with Gasteiger partial charge in [0.25, 0.3) is 0 Å². The average Bonchev–Trinajstić information content (AvgIpc) is 2.15. The predicted octanol–water partition coefficient (Wildman–Crippen LogP) is 2.13. The second kappa shape index (κ2) is 4.72. The Kier molecular flexibility index (Phi) is 3.82. The van der Waals surface area contributed by atoms with Crippen LogP contribution in [0.2, 0.25) is 0 Å². The van der Waals surface area contributed by atoms with Crippen molar-refractivity contribution in [1.29, 1.82) is 0 Å². The Morgan fingerprint density at radius 1 is 1.60 bits per heavy atom. The summed E-state index contributed by atoms with van der Waals surface area (Å²) in [6.07, 6.45) is 0. The van der Waals surface area contributed by atoms with Crippen LogP contribution in [-0.4, -0.2) is 18.9 Å². The van der Waals surface area contributed by atoms with Crippen LogP contribution in [0.1, 0.15) is 17.3 Å². The lowest BCUT2D eigenvalue weighted by Crippen LogP contribution is -2.27. The molecule has 0 saturated carbocycles. The minimum atomic E-state index is -0.687. The highest BCUT2D eigenvalue weighted by Gasteiger charge is 2.19. The number of hydrogen-bond donors (Lipinski definition) is 1. The molecule has 5 heteroatoms. The molecule has 0 spiro atoms. The van der Waals surface area contributed by atoms with Crippen molar-refractivity contribution in [1.82, 2.24) is 0 Å². The second-order valence-electron chi connectivity index (χ2n) is 3.12. The first-order valence-corrected chi connectivity index (χ1v) is 5.09. The van der Waals surface area contributed by atoms with Crippen LogP contribution in [0.4, 0.5) is 4.39 Å². The predicted molar refractivity (Wildman–Crippen MR) is 58.6 cm³/mol. The van der Waals surface area contributed by atoms with Gasteiger partial charge in [-0.25, -0.2) is 4.39 Å². The van der Waals surface area contributed by atoms with Crippen LogP contribution in [0.25, 0.3) is 0 Å². The van der Waals surface area contributed by atoms with Gasteiger partial charge in [-0.2, -0.15) is 0 Å². The standard InChI is InChI=1S/C10H11BrFNO2/c1-5(13)9(14)7-3-6(11)4-8(12)10(7)15-2/h3-5H,13H2,1-2H3. The van der Waals surface area contributed by atoms with Gasteiger partial charge in [-0.15, -0.1) is 0 Å². The number of Topliss-reactive ketones (excluding diaryl/α,β-unsaturated/α-hetero) is 1. The zero-order valence-electron chi connectivity index (χ0n) is 8.38. The summed E-state index contributed by atoms with van der Waals surface area (Å²) in [7, 11) is 1.31. The van der Waals surface area contributed by atoms with Gasteiger partial charge in [-0.05, 0) is 19.1 Å². The van der Waals surface area contributed by atoms with E-state index in [2.05, 4.69) is 15.9 Å². The molecule has 0 aliphatic heterocycles. The summed E-state index contributed by atoms with van der Waals surface area (Å²) in [5.74, 6) is -1.01. The first-order chi connectivity index (χ1) is 6.97. The van der Waals surface area contributed by atoms with Crippen LogP contribution in [-0.2, 0) is 0 Å². The van der Waals surface area contributed by atoms with Gasteiger partial charge in [0.1, 0.15) is 0 Å². The molecular formula is C10H11BrFNO2. The lowest BCUT2D eigenvalue weighted by molar-refractivity contribution is 0.0964. The number of nitrogens with two attached hydrogens (primary N) is 1. The monoisotopic (exact) mass is 275 g/mol. The molecule has 0 amide bonds. The van der Waals surface area contributed by atoms with Crippen molar-refractivity contribution in [2.45, 2.75) is 13.0 Å². The number of methoxy groups -OCH3 is 1. The molecule has 15 heavy (non-hydrogen) atoms. The van der Waals surface area contributed by atoms with Crippen molar-refractivity contribution in [2.24, 2.45) is 5.73 Å². The number of ketones is 1. The van der Waals surface area contributed by atoms with E-state index < -0.39 is 11.9 Å². The van der Waals surface area contributed by atoms with Crippen molar-refractivity contribution in [3.05, 3.63) is 28.0 Å². The molecular weight excluding hydrogens is 265 g/mol. The maximum Gasteiger partial charge on any atom is 0.183 e. The number of carbonyl (C=O) groups is 1. The Morgan fingerprint density at radius 2 is 2.20 bits per heavy atom. The minimum Gasteiger partial charge on any atom is -0.493 e. The van der Waals surface area contributed by atoms with E-state index >= 15 is 0 Å². The number of benzene rings is 1. The van der Waals surface area contributed by atoms with E-state index in [1.54, 1.807) is 6.92 Å². The first-order valence-electron chi connectivity index (χ1n) is 4.30. The van der Waals surface area contributed by atoms with Crippen molar-refractivity contribution < 1.29 is 13.9 Å². The van der Waals surface area contributed by atoms with E-state index in [-0.39, 0.29) is 17.1 Å². The minimum absolute atomic E-state index is 0.0690. The Hall–Kier alpha value is -0.940. The third kappa shape index (κ3) is 2.54. The highest BCUT2D eigenvalue weighted by molar-refractivity contribution is 9.10. The summed E-state index contributed by atoms with van der Waals surface area (Å²) < 4.78 is 18.7. The summed E-state index contributed by atoms with van der Waals surface area (Å²) in [5.41, 5.74) is 5.60. The number of rotatable bonds is 3. The topological polar surface area (TPSA) is 52.3 Å². The normalized spacial score (nSPS) is 12.3. The molecule has 0 aliphatic carbocycles. The van der Waals surface area contributed by atoms with E-state index in [9.17, 15) is 9.18 Å². The van der Waals surface area contributed by atoms with Crippen LogP contribution < -0.4 is 10.5 Å². The fraction of sp³-hybridized carbons (Fsp3) is 0.300. The Morgan fingerprint density at radius 3 is 2.67 bits per heavy atom. The van der Waals surface area contributed by atoms with E-state index in [0.29, 0.717) is 4.47 Å². The zero-order chi connectivity index (χ0) is 11.6. The van der Waals surface area contributed by atoms with Gasteiger partial charge in [-0.3, -0.25) is 4.79 Å². The Bertz CT molecular complexity index is 393. The van der Waals surface area contributed by atoms with Gasteiger partial charge in [0.2, 0.25) is 0 Å². The van der Waals surface area contributed by atoms with Crippen LogP contribution in [0.15, 0.2) is 16.6 Å². The highest BCUT2D eigenvalue weighted by Crippen LogP contribution is 2.27. The summed E-state index contributed by atoms with van der Waals surface area (Å²) >= 11 is 3.11. The molecule has 1 aromatic rings. The molecule has 1 unspecified atom stereocenters. The first kappa shape index (κ1) is 12.1. The molecule has 1 rings (SSSR count). The zero-order valence-corrected chi connectivity index (χ0v) is 9.97. The summed E-state index contributed by atoms with van der Waals surface area (Å²) in [6.45, 7) is 1.54. The van der Waals surface area contributed by atoms with Gasteiger partial charge in [-0.1, -0.05) is 15.9 Å². The van der Waals surface area contributed by atoms with E-state index in [1.165, 1.54) is 19.2 Å². The van der Waals surface area contributed by atoms with Crippen molar-refractivity contribution in [3.63, 3.8) is 0 Å². The van der Waals surface area contributed by atoms with Crippen molar-refractivity contribution in [3.8, 4) is 5.75 Å². The maximum absolute atomic E-state index is 13.4. The Balaban J connectivity index is 3.32.